The van der Waals surface area contributed by atoms with Crippen LogP contribution in [0, 0.1) is 0 Å². The summed E-state index contributed by atoms with van der Waals surface area (Å²) in [5.41, 5.74) is 1.35. The first-order valence-electron chi connectivity index (χ1n) is 12.1. The lowest BCUT2D eigenvalue weighted by atomic mass is 9.98. The molecule has 2 fully saturated rings. The summed E-state index contributed by atoms with van der Waals surface area (Å²) in [6, 6.07) is 14.5. The van der Waals surface area contributed by atoms with E-state index in [4.69, 9.17) is 4.84 Å². The normalized spacial score (nSPS) is 20.4. The van der Waals surface area contributed by atoms with E-state index in [1.165, 1.54) is 9.96 Å². The molecule has 0 bridgehead atoms. The number of nitrogens with one attached hydrogen (secondary N) is 2. The lowest BCUT2D eigenvalue weighted by Gasteiger charge is -2.44. The van der Waals surface area contributed by atoms with E-state index >= 15 is 0 Å². The molecule has 0 aromatic heterocycles. The molecule has 4 rings (SSSR count). The molecule has 2 heterocycles. The SMILES string of the molecule is CCN1CCN(C(=O)NC(C(=O)N[C@@H]2C(=O)N(OCc3ccccc3)C2C)c2ccccc2)C(=O)C1=O. The maximum atomic E-state index is 13.3. The van der Waals surface area contributed by atoms with Crippen LogP contribution in [0.1, 0.15) is 31.0 Å². The summed E-state index contributed by atoms with van der Waals surface area (Å²) in [6.45, 7) is 4.27. The van der Waals surface area contributed by atoms with Crippen molar-refractivity contribution in [2.75, 3.05) is 19.6 Å². The number of amides is 6. The second kappa shape index (κ2) is 11.2. The quantitative estimate of drug-likeness (QED) is 0.405. The summed E-state index contributed by atoms with van der Waals surface area (Å²) in [6.07, 6.45) is 0. The number of hydrogen-bond donors (Lipinski definition) is 2. The molecular formula is C26H29N5O6. The Bertz CT molecular complexity index is 1170. The van der Waals surface area contributed by atoms with E-state index in [1.807, 2.05) is 30.3 Å². The summed E-state index contributed by atoms with van der Waals surface area (Å²) in [7, 11) is 0. The molecule has 2 N–H and O–H groups in total. The van der Waals surface area contributed by atoms with Gasteiger partial charge in [-0.3, -0.25) is 28.9 Å². The minimum absolute atomic E-state index is 0.0131. The van der Waals surface area contributed by atoms with Crippen molar-refractivity contribution in [1.29, 1.82) is 0 Å². The first-order valence-corrected chi connectivity index (χ1v) is 12.1. The van der Waals surface area contributed by atoms with Gasteiger partial charge >= 0.3 is 17.8 Å². The van der Waals surface area contributed by atoms with E-state index in [0.717, 1.165) is 10.5 Å². The minimum atomic E-state index is -1.19. The molecule has 3 atom stereocenters. The molecule has 11 heteroatoms. The number of carbonyl (C=O) groups excluding carboxylic acids is 5. The zero-order chi connectivity index (χ0) is 26.5. The summed E-state index contributed by atoms with van der Waals surface area (Å²) >= 11 is 0. The van der Waals surface area contributed by atoms with Gasteiger partial charge in [0, 0.05) is 19.6 Å². The molecule has 11 nitrogen and oxygen atoms in total. The topological polar surface area (TPSA) is 128 Å². The van der Waals surface area contributed by atoms with Crippen LogP contribution in [0.2, 0.25) is 0 Å². The van der Waals surface area contributed by atoms with Crippen LogP contribution in [-0.2, 0) is 30.6 Å². The fourth-order valence-electron chi connectivity index (χ4n) is 4.23. The van der Waals surface area contributed by atoms with Gasteiger partial charge in [-0.2, -0.15) is 0 Å². The number of likely N-dealkylation sites (N-methyl/N-ethyl adjacent to an activating group) is 1. The zero-order valence-corrected chi connectivity index (χ0v) is 20.6. The van der Waals surface area contributed by atoms with E-state index in [-0.39, 0.29) is 19.7 Å². The number of rotatable bonds is 8. The predicted octanol–water partition coefficient (Wildman–Crippen LogP) is 0.975. The minimum Gasteiger partial charge on any atom is -0.340 e. The average Bonchev–Trinajstić information content (AvgIpc) is 2.92. The summed E-state index contributed by atoms with van der Waals surface area (Å²) in [5, 5.41) is 6.45. The van der Waals surface area contributed by atoms with Gasteiger partial charge in [0.2, 0.25) is 5.91 Å². The van der Waals surface area contributed by atoms with Gasteiger partial charge in [0.05, 0.1) is 6.04 Å². The third kappa shape index (κ3) is 5.46. The standard InChI is InChI=1S/C26H29N5O6/c1-3-29-14-15-30(25(35)24(29)34)26(36)28-21(19-12-8-5-9-13-19)22(32)27-20-17(2)31(23(20)33)37-16-18-10-6-4-7-11-18/h4-13,17,20-21H,3,14-16H2,1-2H3,(H,27,32)(H,28,36)/t17?,20-,21?/m0/s1. The number of carbonyl (C=O) groups is 5. The molecular weight excluding hydrogens is 478 g/mol. The Morgan fingerprint density at radius 3 is 2.24 bits per heavy atom. The molecule has 0 saturated carbocycles. The lowest BCUT2D eigenvalue weighted by Crippen LogP contribution is -2.70. The zero-order valence-electron chi connectivity index (χ0n) is 20.6. The number of β-lactam (4-membered cyclic amide) rings is 1. The maximum absolute atomic E-state index is 13.3. The van der Waals surface area contributed by atoms with Crippen LogP contribution in [0.4, 0.5) is 4.79 Å². The Labute approximate surface area is 214 Å². The van der Waals surface area contributed by atoms with E-state index in [9.17, 15) is 24.0 Å². The number of piperazine rings is 1. The highest BCUT2D eigenvalue weighted by Gasteiger charge is 2.47. The highest BCUT2D eigenvalue weighted by molar-refractivity contribution is 6.38. The van der Waals surface area contributed by atoms with Crippen molar-refractivity contribution >= 4 is 29.7 Å². The second-order valence-electron chi connectivity index (χ2n) is 8.78. The van der Waals surface area contributed by atoms with Gasteiger partial charge in [0.25, 0.3) is 5.91 Å². The van der Waals surface area contributed by atoms with Gasteiger partial charge in [0.1, 0.15) is 18.7 Å². The third-order valence-corrected chi connectivity index (χ3v) is 6.45. The van der Waals surface area contributed by atoms with Crippen molar-refractivity contribution in [3.63, 3.8) is 0 Å². The van der Waals surface area contributed by atoms with Crippen LogP contribution in [0.5, 0.6) is 0 Å². The predicted molar refractivity (Wildman–Crippen MR) is 131 cm³/mol. The monoisotopic (exact) mass is 507 g/mol. The number of hydrogen-bond acceptors (Lipinski definition) is 6. The first kappa shape index (κ1) is 25.8. The largest absolute Gasteiger partial charge is 0.340 e. The van der Waals surface area contributed by atoms with Crippen molar-refractivity contribution < 1.29 is 28.8 Å². The molecule has 6 amide bonds. The highest BCUT2D eigenvalue weighted by Crippen LogP contribution is 2.23. The Morgan fingerprint density at radius 1 is 0.973 bits per heavy atom. The average molecular weight is 508 g/mol. The van der Waals surface area contributed by atoms with Crippen molar-refractivity contribution in [2.45, 2.75) is 38.6 Å². The molecule has 2 aromatic carbocycles. The van der Waals surface area contributed by atoms with E-state index in [2.05, 4.69) is 10.6 Å². The van der Waals surface area contributed by atoms with Crippen LogP contribution in [0.15, 0.2) is 60.7 Å². The molecule has 194 valence electrons. The first-order chi connectivity index (χ1) is 17.8. The lowest BCUT2D eigenvalue weighted by molar-refractivity contribution is -0.237. The highest BCUT2D eigenvalue weighted by atomic mass is 16.7. The van der Waals surface area contributed by atoms with Gasteiger partial charge < -0.3 is 15.5 Å². The maximum Gasteiger partial charge on any atom is 0.325 e. The smallest absolute Gasteiger partial charge is 0.325 e. The van der Waals surface area contributed by atoms with Gasteiger partial charge in [-0.1, -0.05) is 60.7 Å². The Morgan fingerprint density at radius 2 is 1.62 bits per heavy atom. The third-order valence-electron chi connectivity index (χ3n) is 6.45. The molecule has 2 aliphatic rings. The summed E-state index contributed by atoms with van der Waals surface area (Å²) in [5.74, 6) is -2.76. The molecule has 0 aliphatic carbocycles. The van der Waals surface area contributed by atoms with Crippen molar-refractivity contribution in [1.82, 2.24) is 25.5 Å². The number of nitrogens with zero attached hydrogens (tertiary/aromatic N) is 3. The van der Waals surface area contributed by atoms with Crippen LogP contribution < -0.4 is 10.6 Å². The van der Waals surface area contributed by atoms with Crippen LogP contribution in [0.25, 0.3) is 0 Å². The molecule has 2 unspecified atom stereocenters. The fraction of sp³-hybridized carbons (Fsp3) is 0.346. The Kier molecular flexibility index (Phi) is 7.83. The second-order valence-corrected chi connectivity index (χ2v) is 8.78. The number of imide groups is 1. The number of benzene rings is 2. The molecule has 2 aromatic rings. The van der Waals surface area contributed by atoms with Crippen LogP contribution >= 0.6 is 0 Å². The van der Waals surface area contributed by atoms with Crippen molar-refractivity contribution in [3.05, 3.63) is 71.8 Å². The number of hydroxylamine groups is 2. The molecule has 0 spiro atoms. The van der Waals surface area contributed by atoms with E-state index in [1.54, 1.807) is 44.2 Å². The Balaban J connectivity index is 1.41. The summed E-state index contributed by atoms with van der Waals surface area (Å²) < 4.78 is 0. The van der Waals surface area contributed by atoms with Gasteiger partial charge in [-0.05, 0) is 25.0 Å². The molecule has 2 saturated heterocycles. The van der Waals surface area contributed by atoms with Crippen LogP contribution in [-0.4, -0.2) is 76.2 Å². The van der Waals surface area contributed by atoms with Crippen LogP contribution in [0.3, 0.4) is 0 Å². The summed E-state index contributed by atoms with van der Waals surface area (Å²) in [4.78, 5) is 71.4. The Hall–Kier alpha value is -4.25. The molecule has 37 heavy (non-hydrogen) atoms. The van der Waals surface area contributed by atoms with Crippen molar-refractivity contribution in [3.8, 4) is 0 Å². The van der Waals surface area contributed by atoms with Gasteiger partial charge in [-0.15, -0.1) is 0 Å². The van der Waals surface area contributed by atoms with E-state index in [0.29, 0.717) is 12.1 Å². The molecule has 2 aliphatic heterocycles. The fourth-order valence-corrected chi connectivity index (χ4v) is 4.23. The van der Waals surface area contributed by atoms with Gasteiger partial charge in [-0.25, -0.2) is 9.86 Å². The van der Waals surface area contributed by atoms with Crippen molar-refractivity contribution in [2.24, 2.45) is 0 Å². The number of urea groups is 1. The van der Waals surface area contributed by atoms with E-state index < -0.39 is 47.8 Å². The molecule has 0 radical (unpaired) electrons. The van der Waals surface area contributed by atoms with Gasteiger partial charge in [0.15, 0.2) is 0 Å².